The summed E-state index contributed by atoms with van der Waals surface area (Å²) in [6, 6.07) is 8.51. The lowest BCUT2D eigenvalue weighted by atomic mass is 9.94. The Morgan fingerprint density at radius 1 is 1.32 bits per heavy atom. The Morgan fingerprint density at radius 2 is 2.05 bits per heavy atom. The molecule has 1 aromatic carbocycles. The molecule has 3 nitrogen and oxygen atoms in total. The Morgan fingerprint density at radius 3 is 2.68 bits per heavy atom. The van der Waals surface area contributed by atoms with Crippen LogP contribution in [0.2, 0.25) is 0 Å². The quantitative estimate of drug-likeness (QED) is 0.831. The highest BCUT2D eigenvalue weighted by Crippen LogP contribution is 2.26. The van der Waals surface area contributed by atoms with Gasteiger partial charge in [-0.2, -0.15) is 5.26 Å². The SMILES string of the molecule is COc1ccc(C#N)cc1CN(C)C1CCCCC1. The lowest BCUT2D eigenvalue weighted by Crippen LogP contribution is -2.33. The van der Waals surface area contributed by atoms with E-state index in [0.29, 0.717) is 11.6 Å². The van der Waals surface area contributed by atoms with E-state index in [0.717, 1.165) is 17.9 Å². The van der Waals surface area contributed by atoms with Crippen molar-refractivity contribution in [1.29, 1.82) is 5.26 Å². The summed E-state index contributed by atoms with van der Waals surface area (Å²) in [5.74, 6) is 0.877. The molecular formula is C16H22N2O. The van der Waals surface area contributed by atoms with Crippen molar-refractivity contribution >= 4 is 0 Å². The molecule has 0 bridgehead atoms. The maximum Gasteiger partial charge on any atom is 0.123 e. The van der Waals surface area contributed by atoms with Crippen LogP contribution in [0.3, 0.4) is 0 Å². The Labute approximate surface area is 115 Å². The maximum absolute atomic E-state index is 9.00. The van der Waals surface area contributed by atoms with Crippen LogP contribution < -0.4 is 4.74 Å². The molecular weight excluding hydrogens is 236 g/mol. The Hall–Kier alpha value is -1.53. The number of benzene rings is 1. The molecule has 0 amide bonds. The second kappa shape index (κ2) is 6.58. The lowest BCUT2D eigenvalue weighted by Gasteiger charge is -2.31. The van der Waals surface area contributed by atoms with Crippen LogP contribution in [0.1, 0.15) is 43.2 Å². The van der Waals surface area contributed by atoms with Crippen molar-refractivity contribution in [2.24, 2.45) is 0 Å². The van der Waals surface area contributed by atoms with E-state index in [9.17, 15) is 0 Å². The molecule has 1 aliphatic rings. The van der Waals surface area contributed by atoms with Crippen molar-refractivity contribution in [2.45, 2.75) is 44.7 Å². The Balaban J connectivity index is 2.10. The molecule has 3 heteroatoms. The second-order valence-electron chi connectivity index (χ2n) is 5.35. The molecule has 0 spiro atoms. The van der Waals surface area contributed by atoms with Crippen LogP contribution in [0.4, 0.5) is 0 Å². The number of hydrogen-bond acceptors (Lipinski definition) is 3. The Kier molecular flexibility index (Phi) is 4.81. The molecule has 0 saturated heterocycles. The molecule has 1 fully saturated rings. The summed E-state index contributed by atoms with van der Waals surface area (Å²) in [6.45, 7) is 0.851. The molecule has 2 rings (SSSR count). The summed E-state index contributed by atoms with van der Waals surface area (Å²) >= 11 is 0. The predicted octanol–water partition coefficient (Wildman–Crippen LogP) is 3.33. The van der Waals surface area contributed by atoms with Gasteiger partial charge in [-0.3, -0.25) is 4.90 Å². The van der Waals surface area contributed by atoms with Gasteiger partial charge in [-0.15, -0.1) is 0 Å². The van der Waals surface area contributed by atoms with Crippen molar-refractivity contribution in [3.8, 4) is 11.8 Å². The highest BCUT2D eigenvalue weighted by atomic mass is 16.5. The van der Waals surface area contributed by atoms with Crippen molar-refractivity contribution in [3.05, 3.63) is 29.3 Å². The van der Waals surface area contributed by atoms with E-state index in [1.165, 1.54) is 32.1 Å². The van der Waals surface area contributed by atoms with E-state index in [2.05, 4.69) is 18.0 Å². The summed E-state index contributed by atoms with van der Waals surface area (Å²) in [6.07, 6.45) is 6.62. The largest absolute Gasteiger partial charge is 0.496 e. The number of nitriles is 1. The van der Waals surface area contributed by atoms with Crippen LogP contribution in [0.25, 0.3) is 0 Å². The minimum Gasteiger partial charge on any atom is -0.496 e. The first-order valence-electron chi connectivity index (χ1n) is 7.02. The van der Waals surface area contributed by atoms with E-state index in [4.69, 9.17) is 10.00 Å². The molecule has 0 heterocycles. The van der Waals surface area contributed by atoms with Crippen LogP contribution in [-0.4, -0.2) is 25.1 Å². The van der Waals surface area contributed by atoms with E-state index in [1.807, 2.05) is 18.2 Å². The van der Waals surface area contributed by atoms with E-state index in [-0.39, 0.29) is 0 Å². The van der Waals surface area contributed by atoms with Gasteiger partial charge in [-0.1, -0.05) is 19.3 Å². The number of ether oxygens (including phenoxy) is 1. The third-order valence-electron chi connectivity index (χ3n) is 4.03. The van der Waals surface area contributed by atoms with Gasteiger partial charge < -0.3 is 4.74 Å². The normalized spacial score (nSPS) is 16.3. The van der Waals surface area contributed by atoms with Gasteiger partial charge in [-0.25, -0.2) is 0 Å². The van der Waals surface area contributed by atoms with Crippen LogP contribution in [-0.2, 0) is 6.54 Å². The summed E-state index contributed by atoms with van der Waals surface area (Å²) in [5.41, 5.74) is 1.81. The van der Waals surface area contributed by atoms with E-state index >= 15 is 0 Å². The summed E-state index contributed by atoms with van der Waals surface area (Å²) in [4.78, 5) is 2.40. The lowest BCUT2D eigenvalue weighted by molar-refractivity contribution is 0.183. The molecule has 0 atom stereocenters. The smallest absolute Gasteiger partial charge is 0.123 e. The highest BCUT2D eigenvalue weighted by Gasteiger charge is 2.19. The zero-order chi connectivity index (χ0) is 13.7. The van der Waals surface area contributed by atoms with Gasteiger partial charge in [0.15, 0.2) is 0 Å². The molecule has 0 aromatic heterocycles. The van der Waals surface area contributed by atoms with Crippen LogP contribution in [0.5, 0.6) is 5.75 Å². The highest BCUT2D eigenvalue weighted by molar-refractivity contribution is 5.42. The van der Waals surface area contributed by atoms with Crippen LogP contribution >= 0.6 is 0 Å². The standard InChI is InChI=1S/C16H22N2O/c1-18(15-6-4-3-5-7-15)12-14-10-13(11-17)8-9-16(14)19-2/h8-10,15H,3-7,12H2,1-2H3. The van der Waals surface area contributed by atoms with Crippen LogP contribution in [0.15, 0.2) is 18.2 Å². The number of rotatable bonds is 4. The van der Waals surface area contributed by atoms with Gasteiger partial charge in [0.1, 0.15) is 5.75 Å². The minimum absolute atomic E-state index is 0.671. The average molecular weight is 258 g/mol. The van der Waals surface area contributed by atoms with Gasteiger partial charge >= 0.3 is 0 Å². The zero-order valence-corrected chi connectivity index (χ0v) is 11.9. The minimum atomic E-state index is 0.671. The van der Waals surface area contributed by atoms with E-state index in [1.54, 1.807) is 7.11 Å². The summed E-state index contributed by atoms with van der Waals surface area (Å²) < 4.78 is 5.40. The average Bonchev–Trinajstić information content (AvgIpc) is 2.48. The molecule has 0 unspecified atom stereocenters. The predicted molar refractivity (Wildman–Crippen MR) is 76.0 cm³/mol. The monoisotopic (exact) mass is 258 g/mol. The van der Waals surface area contributed by atoms with Gasteiger partial charge in [0, 0.05) is 18.2 Å². The molecule has 1 saturated carbocycles. The molecule has 0 aliphatic heterocycles. The first-order valence-corrected chi connectivity index (χ1v) is 7.02. The molecule has 1 aromatic rings. The number of methoxy groups -OCH3 is 1. The molecule has 102 valence electrons. The number of nitrogens with zero attached hydrogens (tertiary/aromatic N) is 2. The van der Waals surface area contributed by atoms with Crippen molar-refractivity contribution in [2.75, 3.05) is 14.2 Å². The van der Waals surface area contributed by atoms with Crippen LogP contribution in [0, 0.1) is 11.3 Å². The zero-order valence-electron chi connectivity index (χ0n) is 11.9. The van der Waals surface area contributed by atoms with Gasteiger partial charge in [0.25, 0.3) is 0 Å². The van der Waals surface area contributed by atoms with Crippen molar-refractivity contribution in [1.82, 2.24) is 4.90 Å². The number of hydrogen-bond donors (Lipinski definition) is 0. The molecule has 1 aliphatic carbocycles. The first kappa shape index (κ1) is 13.9. The van der Waals surface area contributed by atoms with Crippen molar-refractivity contribution in [3.63, 3.8) is 0 Å². The topological polar surface area (TPSA) is 36.3 Å². The van der Waals surface area contributed by atoms with Gasteiger partial charge in [0.05, 0.1) is 18.7 Å². The van der Waals surface area contributed by atoms with Gasteiger partial charge in [-0.05, 0) is 38.1 Å². The van der Waals surface area contributed by atoms with Gasteiger partial charge in [0.2, 0.25) is 0 Å². The maximum atomic E-state index is 9.00. The fraction of sp³-hybridized carbons (Fsp3) is 0.562. The Bertz CT molecular complexity index is 458. The molecule has 0 N–H and O–H groups in total. The fourth-order valence-electron chi connectivity index (χ4n) is 2.89. The molecule has 19 heavy (non-hydrogen) atoms. The third-order valence-corrected chi connectivity index (χ3v) is 4.03. The fourth-order valence-corrected chi connectivity index (χ4v) is 2.89. The second-order valence-corrected chi connectivity index (χ2v) is 5.35. The summed E-state index contributed by atoms with van der Waals surface area (Å²) in [7, 11) is 3.86. The first-order chi connectivity index (χ1) is 9.24. The molecule has 0 radical (unpaired) electrons. The van der Waals surface area contributed by atoms with E-state index < -0.39 is 0 Å². The summed E-state index contributed by atoms with van der Waals surface area (Å²) in [5, 5.41) is 9.00. The van der Waals surface area contributed by atoms with Crippen molar-refractivity contribution < 1.29 is 4.74 Å². The third kappa shape index (κ3) is 3.48.